The van der Waals surface area contributed by atoms with Gasteiger partial charge in [0.15, 0.2) is 0 Å². The highest BCUT2D eigenvalue weighted by Gasteiger charge is 2.25. The van der Waals surface area contributed by atoms with E-state index >= 15 is 0 Å². The number of benzene rings is 1. The maximum absolute atomic E-state index is 12.1. The van der Waals surface area contributed by atoms with Crippen LogP contribution in [-0.2, 0) is 0 Å². The van der Waals surface area contributed by atoms with Crippen LogP contribution in [0.5, 0.6) is 0 Å². The molecule has 0 bridgehead atoms. The van der Waals surface area contributed by atoms with Crippen molar-refractivity contribution in [2.24, 2.45) is 0 Å². The lowest BCUT2D eigenvalue weighted by atomic mass is 10.1. The molecule has 1 aromatic rings. The standard InChI is InChI=1S/C11H12BrClN2O3/c1-14(7-3-6-12)11(16)10-8(13)4-2-5-9(10)15(17)18/h2,4-5H,3,6-7H2,1H3. The van der Waals surface area contributed by atoms with Gasteiger partial charge < -0.3 is 4.90 Å². The Morgan fingerprint density at radius 3 is 2.78 bits per heavy atom. The molecule has 0 N–H and O–H groups in total. The quantitative estimate of drug-likeness (QED) is 0.472. The predicted molar refractivity (Wildman–Crippen MR) is 73.5 cm³/mol. The zero-order valence-corrected chi connectivity index (χ0v) is 12.1. The highest BCUT2D eigenvalue weighted by Crippen LogP contribution is 2.27. The average molecular weight is 336 g/mol. The normalized spacial score (nSPS) is 10.2. The minimum atomic E-state index is -0.600. The molecular weight excluding hydrogens is 323 g/mol. The van der Waals surface area contributed by atoms with Crippen LogP contribution < -0.4 is 0 Å². The molecule has 1 amide bonds. The molecule has 0 aromatic heterocycles. The van der Waals surface area contributed by atoms with Crippen LogP contribution in [0.1, 0.15) is 16.8 Å². The molecule has 1 rings (SSSR count). The first kappa shape index (κ1) is 14.9. The highest BCUT2D eigenvalue weighted by molar-refractivity contribution is 9.09. The van der Waals surface area contributed by atoms with Gasteiger partial charge in [-0.25, -0.2) is 0 Å². The molecule has 0 aliphatic carbocycles. The van der Waals surface area contributed by atoms with E-state index in [1.807, 2.05) is 0 Å². The third-order valence-electron chi connectivity index (χ3n) is 2.38. The van der Waals surface area contributed by atoms with Crippen LogP contribution in [0.2, 0.25) is 5.02 Å². The number of hydrogen-bond donors (Lipinski definition) is 0. The largest absolute Gasteiger partial charge is 0.341 e. The van der Waals surface area contributed by atoms with E-state index in [1.165, 1.54) is 23.1 Å². The minimum absolute atomic E-state index is 0.0544. The van der Waals surface area contributed by atoms with Gasteiger partial charge in [-0.05, 0) is 12.5 Å². The van der Waals surface area contributed by atoms with Crippen LogP contribution in [0.25, 0.3) is 0 Å². The second kappa shape index (κ2) is 6.70. The molecule has 98 valence electrons. The van der Waals surface area contributed by atoms with Crippen LogP contribution in [-0.4, -0.2) is 34.7 Å². The molecule has 0 saturated carbocycles. The van der Waals surface area contributed by atoms with E-state index in [9.17, 15) is 14.9 Å². The summed E-state index contributed by atoms with van der Waals surface area (Å²) in [5, 5.41) is 11.7. The van der Waals surface area contributed by atoms with Gasteiger partial charge in [-0.2, -0.15) is 0 Å². The molecule has 18 heavy (non-hydrogen) atoms. The predicted octanol–water partition coefficient (Wildman–Crippen LogP) is 3.11. The van der Waals surface area contributed by atoms with Gasteiger partial charge in [0.25, 0.3) is 11.6 Å². The summed E-state index contributed by atoms with van der Waals surface area (Å²) in [6.07, 6.45) is 0.764. The number of hydrogen-bond acceptors (Lipinski definition) is 3. The Morgan fingerprint density at radius 2 is 2.22 bits per heavy atom. The molecule has 5 nitrogen and oxygen atoms in total. The topological polar surface area (TPSA) is 63.5 Å². The lowest BCUT2D eigenvalue weighted by Gasteiger charge is -2.17. The first-order valence-corrected chi connectivity index (χ1v) is 6.73. The van der Waals surface area contributed by atoms with Crippen molar-refractivity contribution in [3.63, 3.8) is 0 Å². The number of nitro benzene ring substituents is 1. The number of amides is 1. The Bertz CT molecular complexity index is 468. The number of nitrogens with zero attached hydrogens (tertiary/aromatic N) is 2. The van der Waals surface area contributed by atoms with E-state index in [0.717, 1.165) is 11.8 Å². The molecular formula is C11H12BrClN2O3. The third kappa shape index (κ3) is 3.43. The summed E-state index contributed by atoms with van der Waals surface area (Å²) in [5.41, 5.74) is -0.320. The second-order valence-electron chi connectivity index (χ2n) is 3.66. The number of carbonyl (C=O) groups excluding carboxylic acids is 1. The van der Waals surface area contributed by atoms with E-state index in [2.05, 4.69) is 15.9 Å². The highest BCUT2D eigenvalue weighted by atomic mass is 79.9. The summed E-state index contributed by atoms with van der Waals surface area (Å²) >= 11 is 9.15. The smallest absolute Gasteiger partial charge is 0.283 e. The van der Waals surface area contributed by atoms with Crippen LogP contribution in [0, 0.1) is 10.1 Å². The lowest BCUT2D eigenvalue weighted by molar-refractivity contribution is -0.385. The van der Waals surface area contributed by atoms with Crippen LogP contribution in [0.4, 0.5) is 5.69 Å². The molecule has 0 heterocycles. The zero-order valence-electron chi connectivity index (χ0n) is 9.73. The van der Waals surface area contributed by atoms with Crippen LogP contribution in [0.15, 0.2) is 18.2 Å². The van der Waals surface area contributed by atoms with Gasteiger partial charge in [-0.3, -0.25) is 14.9 Å². The first-order valence-electron chi connectivity index (χ1n) is 5.23. The molecule has 0 unspecified atom stereocenters. The summed E-state index contributed by atoms with van der Waals surface area (Å²) in [4.78, 5) is 23.8. The van der Waals surface area contributed by atoms with E-state index in [-0.39, 0.29) is 16.3 Å². The van der Waals surface area contributed by atoms with Gasteiger partial charge in [0.2, 0.25) is 0 Å². The maximum atomic E-state index is 12.1. The van der Waals surface area contributed by atoms with Crippen molar-refractivity contribution in [2.45, 2.75) is 6.42 Å². The Kier molecular flexibility index (Phi) is 5.55. The second-order valence-corrected chi connectivity index (χ2v) is 4.86. The van der Waals surface area contributed by atoms with E-state index < -0.39 is 10.8 Å². The summed E-state index contributed by atoms with van der Waals surface area (Å²) < 4.78 is 0. The van der Waals surface area contributed by atoms with E-state index in [4.69, 9.17) is 11.6 Å². The van der Waals surface area contributed by atoms with Crippen molar-refractivity contribution in [2.75, 3.05) is 18.9 Å². The zero-order chi connectivity index (χ0) is 13.7. The van der Waals surface area contributed by atoms with Crippen molar-refractivity contribution in [1.29, 1.82) is 0 Å². The molecule has 7 heteroatoms. The van der Waals surface area contributed by atoms with Crippen molar-refractivity contribution in [1.82, 2.24) is 4.90 Å². The first-order chi connectivity index (χ1) is 8.49. The van der Waals surface area contributed by atoms with Gasteiger partial charge in [0.1, 0.15) is 5.56 Å². The summed E-state index contributed by atoms with van der Waals surface area (Å²) in [5.74, 6) is -0.437. The van der Waals surface area contributed by atoms with E-state index in [0.29, 0.717) is 6.54 Å². The van der Waals surface area contributed by atoms with Crippen LogP contribution >= 0.6 is 27.5 Å². The van der Waals surface area contributed by atoms with Crippen molar-refractivity contribution in [3.05, 3.63) is 38.9 Å². The SMILES string of the molecule is CN(CCCBr)C(=O)c1c(Cl)cccc1[N+](=O)[O-]. The monoisotopic (exact) mass is 334 g/mol. The summed E-state index contributed by atoms with van der Waals surface area (Å²) in [6.45, 7) is 0.506. The molecule has 0 aliphatic heterocycles. The lowest BCUT2D eigenvalue weighted by Crippen LogP contribution is -2.28. The molecule has 0 radical (unpaired) electrons. The number of halogens is 2. The van der Waals surface area contributed by atoms with Crippen LogP contribution in [0.3, 0.4) is 0 Å². The molecule has 0 fully saturated rings. The van der Waals surface area contributed by atoms with Crippen molar-refractivity contribution in [3.8, 4) is 0 Å². The third-order valence-corrected chi connectivity index (χ3v) is 3.25. The van der Waals surface area contributed by atoms with E-state index in [1.54, 1.807) is 7.05 Å². The summed E-state index contributed by atoms with van der Waals surface area (Å²) in [6, 6.07) is 4.20. The number of alkyl halides is 1. The van der Waals surface area contributed by atoms with Gasteiger partial charge in [-0.1, -0.05) is 33.6 Å². The number of carbonyl (C=O) groups is 1. The molecule has 1 aromatic carbocycles. The van der Waals surface area contributed by atoms with Gasteiger partial charge in [0.05, 0.1) is 9.95 Å². The van der Waals surface area contributed by atoms with Crippen molar-refractivity contribution >= 4 is 39.1 Å². The van der Waals surface area contributed by atoms with Gasteiger partial charge >= 0.3 is 0 Å². The fourth-order valence-electron chi connectivity index (χ4n) is 1.47. The minimum Gasteiger partial charge on any atom is -0.341 e. The van der Waals surface area contributed by atoms with Crippen molar-refractivity contribution < 1.29 is 9.72 Å². The number of rotatable bonds is 5. The van der Waals surface area contributed by atoms with Gasteiger partial charge in [0, 0.05) is 25.0 Å². The Balaban J connectivity index is 3.08. The maximum Gasteiger partial charge on any atom is 0.283 e. The Morgan fingerprint density at radius 1 is 1.56 bits per heavy atom. The van der Waals surface area contributed by atoms with Gasteiger partial charge in [-0.15, -0.1) is 0 Å². The average Bonchev–Trinajstić information content (AvgIpc) is 2.34. The fraction of sp³-hybridized carbons (Fsp3) is 0.364. The summed E-state index contributed by atoms with van der Waals surface area (Å²) in [7, 11) is 1.60. The molecule has 0 spiro atoms. The Labute approximate surface area is 118 Å². The fourth-order valence-corrected chi connectivity index (χ4v) is 1.97. The molecule has 0 saturated heterocycles. The Hall–Kier alpha value is -1.14. The molecule has 0 aliphatic rings. The molecule has 0 atom stereocenters. The number of nitro groups is 1.